The first-order valence-electron chi connectivity index (χ1n) is 8.33. The number of hydrogen-bond donors (Lipinski definition) is 2. The smallest absolute Gasteiger partial charge is 0.349 e. The Hall–Kier alpha value is -3.43. The van der Waals surface area contributed by atoms with Crippen molar-refractivity contribution >= 4 is 18.0 Å². The molecule has 0 saturated heterocycles. The third-order valence-corrected chi connectivity index (χ3v) is 3.33. The lowest BCUT2D eigenvalue weighted by Gasteiger charge is -2.13. The van der Waals surface area contributed by atoms with E-state index >= 15 is 0 Å². The highest BCUT2D eigenvalue weighted by molar-refractivity contribution is 6.18. The van der Waals surface area contributed by atoms with Crippen molar-refractivity contribution < 1.29 is 33.6 Å². The Balaban J connectivity index is 3.25. The van der Waals surface area contributed by atoms with E-state index in [-0.39, 0.29) is 19.0 Å². The molecule has 10 heteroatoms. The molecule has 3 N–H and O–H groups in total. The van der Waals surface area contributed by atoms with Crippen LogP contribution in [0.1, 0.15) is 19.4 Å². The van der Waals surface area contributed by atoms with Crippen LogP contribution in [0.2, 0.25) is 0 Å². The maximum atomic E-state index is 12.0. The van der Waals surface area contributed by atoms with E-state index in [0.717, 1.165) is 0 Å². The van der Waals surface area contributed by atoms with Crippen LogP contribution in [0.5, 0.6) is 17.2 Å². The number of benzene rings is 1. The first-order valence-corrected chi connectivity index (χ1v) is 8.33. The summed E-state index contributed by atoms with van der Waals surface area (Å²) >= 11 is 0. The fourth-order valence-corrected chi connectivity index (χ4v) is 2.14. The van der Waals surface area contributed by atoms with Gasteiger partial charge in [-0.1, -0.05) is 0 Å². The van der Waals surface area contributed by atoms with Crippen molar-refractivity contribution in [2.45, 2.75) is 13.8 Å². The molecule has 0 bridgehead atoms. The Kier molecular flexibility index (Phi) is 9.14. The van der Waals surface area contributed by atoms with Crippen molar-refractivity contribution in [1.29, 1.82) is 0 Å². The standard InChI is InChI=1S/C18H25N3O7/c1-6-27-17(22)13(18(23)28-7-2)16(19)21-20-10-11-8-9-12(24-3)15(26-5)14(11)25-4/h8-10,22H,6-7H2,1-5H3,(H2,19,21)/b17-13?,20-10-. The number of ether oxygens (including phenoxy) is 5. The third kappa shape index (κ3) is 5.53. The van der Waals surface area contributed by atoms with Crippen molar-refractivity contribution in [1.82, 2.24) is 0 Å². The van der Waals surface area contributed by atoms with Crippen LogP contribution in [0.25, 0.3) is 0 Å². The average Bonchev–Trinajstić information content (AvgIpc) is 2.67. The summed E-state index contributed by atoms with van der Waals surface area (Å²) in [4.78, 5) is 12.0. The van der Waals surface area contributed by atoms with Gasteiger partial charge in [-0.25, -0.2) is 4.79 Å². The largest absolute Gasteiger partial charge is 0.493 e. The summed E-state index contributed by atoms with van der Waals surface area (Å²) in [5.74, 6) is -0.715. The van der Waals surface area contributed by atoms with Gasteiger partial charge in [-0.05, 0) is 26.0 Å². The topological polar surface area (TPSA) is 134 Å². The molecule has 0 saturated carbocycles. The number of nitrogens with zero attached hydrogens (tertiary/aromatic N) is 2. The normalized spacial score (nSPS) is 12.4. The number of rotatable bonds is 10. The minimum absolute atomic E-state index is 0.0845. The number of carbonyl (C=O) groups is 1. The molecule has 1 rings (SSSR count). The summed E-state index contributed by atoms with van der Waals surface area (Å²) in [6.45, 7) is 3.45. The van der Waals surface area contributed by atoms with E-state index in [2.05, 4.69) is 10.2 Å². The van der Waals surface area contributed by atoms with Gasteiger partial charge in [0.15, 0.2) is 22.9 Å². The Bertz CT molecular complexity index is 773. The summed E-state index contributed by atoms with van der Waals surface area (Å²) in [5.41, 5.74) is 5.88. The van der Waals surface area contributed by atoms with Crippen LogP contribution in [0.15, 0.2) is 33.9 Å². The average molecular weight is 395 g/mol. The second-order valence-corrected chi connectivity index (χ2v) is 4.99. The predicted molar refractivity (Wildman–Crippen MR) is 103 cm³/mol. The summed E-state index contributed by atoms with van der Waals surface area (Å²) in [7, 11) is 4.45. The van der Waals surface area contributed by atoms with Crippen molar-refractivity contribution in [2.24, 2.45) is 15.9 Å². The highest BCUT2D eigenvalue weighted by atomic mass is 16.6. The molecule has 1 aromatic rings. The Morgan fingerprint density at radius 1 is 1.07 bits per heavy atom. The van der Waals surface area contributed by atoms with Crippen LogP contribution in [-0.2, 0) is 14.3 Å². The van der Waals surface area contributed by atoms with Crippen molar-refractivity contribution in [3.8, 4) is 17.2 Å². The second-order valence-electron chi connectivity index (χ2n) is 4.99. The zero-order valence-corrected chi connectivity index (χ0v) is 16.5. The molecule has 0 aliphatic carbocycles. The van der Waals surface area contributed by atoms with Crippen molar-refractivity contribution in [3.05, 3.63) is 29.2 Å². The molecular weight excluding hydrogens is 370 g/mol. The quantitative estimate of drug-likeness (QED) is 0.153. The molecule has 0 unspecified atom stereocenters. The molecule has 154 valence electrons. The Morgan fingerprint density at radius 2 is 1.71 bits per heavy atom. The van der Waals surface area contributed by atoms with Gasteiger partial charge in [0.2, 0.25) is 5.75 Å². The molecule has 0 aliphatic rings. The van der Waals surface area contributed by atoms with E-state index in [0.29, 0.717) is 22.8 Å². The first kappa shape index (κ1) is 22.6. The van der Waals surface area contributed by atoms with Gasteiger partial charge in [-0.15, -0.1) is 5.10 Å². The summed E-state index contributed by atoms with van der Waals surface area (Å²) in [6, 6.07) is 3.34. The molecule has 1 aromatic carbocycles. The zero-order chi connectivity index (χ0) is 21.1. The lowest BCUT2D eigenvalue weighted by Crippen LogP contribution is -2.25. The molecule has 0 aromatic heterocycles. The van der Waals surface area contributed by atoms with E-state index in [1.165, 1.54) is 27.5 Å². The van der Waals surface area contributed by atoms with E-state index < -0.39 is 17.5 Å². The molecule has 0 aliphatic heterocycles. The maximum absolute atomic E-state index is 12.0. The highest BCUT2D eigenvalue weighted by Crippen LogP contribution is 2.38. The van der Waals surface area contributed by atoms with Crippen molar-refractivity contribution in [2.75, 3.05) is 34.5 Å². The molecule has 10 nitrogen and oxygen atoms in total. The van der Waals surface area contributed by atoms with Crippen LogP contribution in [0.4, 0.5) is 0 Å². The minimum atomic E-state index is -0.881. The van der Waals surface area contributed by atoms with Crippen LogP contribution in [0, 0.1) is 0 Å². The van der Waals surface area contributed by atoms with Crippen LogP contribution >= 0.6 is 0 Å². The predicted octanol–water partition coefficient (Wildman–Crippen LogP) is 1.77. The first-order chi connectivity index (χ1) is 13.4. The van der Waals surface area contributed by atoms with Crippen LogP contribution < -0.4 is 19.9 Å². The molecule has 0 atom stereocenters. The summed E-state index contributed by atoms with van der Waals surface area (Å²) < 4.78 is 25.6. The van der Waals surface area contributed by atoms with Crippen LogP contribution in [-0.4, -0.2) is 57.7 Å². The molecule has 0 spiro atoms. The molecule has 0 heterocycles. The van der Waals surface area contributed by atoms with E-state index in [1.54, 1.807) is 26.0 Å². The van der Waals surface area contributed by atoms with E-state index in [1.807, 2.05) is 0 Å². The number of nitrogens with two attached hydrogens (primary N) is 1. The summed E-state index contributed by atoms with van der Waals surface area (Å²) in [6.07, 6.45) is 1.34. The summed E-state index contributed by atoms with van der Waals surface area (Å²) in [5, 5.41) is 17.5. The fourth-order valence-electron chi connectivity index (χ4n) is 2.14. The minimum Gasteiger partial charge on any atom is -0.493 e. The van der Waals surface area contributed by atoms with E-state index in [4.69, 9.17) is 29.4 Å². The molecule has 28 heavy (non-hydrogen) atoms. The van der Waals surface area contributed by atoms with Gasteiger partial charge in [-0.2, -0.15) is 5.10 Å². The van der Waals surface area contributed by atoms with Crippen molar-refractivity contribution in [3.63, 3.8) is 0 Å². The maximum Gasteiger partial charge on any atom is 0.349 e. The lowest BCUT2D eigenvalue weighted by molar-refractivity contribution is -0.138. The second kappa shape index (κ2) is 11.3. The number of aliphatic hydroxyl groups is 1. The molecular formula is C18H25N3O7. The van der Waals surface area contributed by atoms with Gasteiger partial charge < -0.3 is 34.5 Å². The number of methoxy groups -OCH3 is 3. The SMILES string of the molecule is CCOC(=O)C(C(N)=N/N=C\c1ccc(OC)c(OC)c1OC)=C(O)OCC. The lowest BCUT2D eigenvalue weighted by atomic mass is 10.2. The Labute approximate surface area is 163 Å². The third-order valence-electron chi connectivity index (χ3n) is 3.33. The number of aliphatic hydroxyl groups excluding tert-OH is 1. The van der Waals surface area contributed by atoms with Crippen LogP contribution in [0.3, 0.4) is 0 Å². The van der Waals surface area contributed by atoms with Gasteiger partial charge in [0.25, 0.3) is 5.95 Å². The number of hydrogen-bond acceptors (Lipinski definition) is 9. The number of carbonyl (C=O) groups excluding carboxylic acids is 1. The van der Waals surface area contributed by atoms with Gasteiger partial charge in [0, 0.05) is 5.56 Å². The van der Waals surface area contributed by atoms with E-state index in [9.17, 15) is 9.90 Å². The van der Waals surface area contributed by atoms with Gasteiger partial charge in [-0.3, -0.25) is 0 Å². The highest BCUT2D eigenvalue weighted by Gasteiger charge is 2.23. The molecule has 0 radical (unpaired) electrons. The fraction of sp³-hybridized carbons (Fsp3) is 0.389. The molecule has 0 fully saturated rings. The van der Waals surface area contributed by atoms with Gasteiger partial charge in [0.05, 0.1) is 40.8 Å². The molecule has 0 amide bonds. The monoisotopic (exact) mass is 395 g/mol. The Morgan fingerprint density at radius 3 is 2.25 bits per heavy atom. The van der Waals surface area contributed by atoms with Gasteiger partial charge in [0.1, 0.15) is 0 Å². The zero-order valence-electron chi connectivity index (χ0n) is 16.5. The number of amidine groups is 1. The number of esters is 1. The van der Waals surface area contributed by atoms with Gasteiger partial charge >= 0.3 is 5.97 Å².